The number of carbonyl (C=O) groups excluding carboxylic acids is 2. The number of rotatable bonds is 6. The number of piperidine rings is 1. The number of nitrogens with zero attached hydrogens (tertiary/aromatic N) is 3. The second-order valence-electron chi connectivity index (χ2n) is 7.18. The van der Waals surface area contributed by atoms with Gasteiger partial charge >= 0.3 is 6.03 Å². The van der Waals surface area contributed by atoms with E-state index in [1.165, 1.54) is 6.07 Å². The number of nitrogens with one attached hydrogen (secondary N) is 2. The molecule has 2 heterocycles. The van der Waals surface area contributed by atoms with Crippen LogP contribution in [0.4, 0.5) is 9.18 Å². The third-order valence-corrected chi connectivity index (χ3v) is 4.67. The van der Waals surface area contributed by atoms with Crippen LogP contribution in [0.25, 0.3) is 0 Å². The van der Waals surface area contributed by atoms with Crippen LogP contribution in [-0.4, -0.2) is 47.5 Å². The minimum Gasteiger partial charge on any atom is -0.341 e. The molecule has 0 bridgehead atoms. The summed E-state index contributed by atoms with van der Waals surface area (Å²) in [5.74, 6) is -0.375. The minimum absolute atomic E-state index is 0.0829. The molecule has 2 N–H and O–H groups in total. The Morgan fingerprint density at radius 2 is 2.07 bits per heavy atom. The van der Waals surface area contributed by atoms with Crippen LogP contribution in [0.3, 0.4) is 0 Å². The molecule has 1 fully saturated rings. The van der Waals surface area contributed by atoms with E-state index in [0.717, 1.165) is 18.4 Å². The van der Waals surface area contributed by atoms with Gasteiger partial charge in [0.25, 0.3) is 0 Å². The van der Waals surface area contributed by atoms with Crippen LogP contribution < -0.4 is 10.6 Å². The number of amides is 3. The molecule has 1 unspecified atom stereocenters. The van der Waals surface area contributed by atoms with E-state index in [1.807, 2.05) is 19.9 Å². The van der Waals surface area contributed by atoms with Crippen molar-refractivity contribution in [3.63, 3.8) is 0 Å². The van der Waals surface area contributed by atoms with Crippen molar-refractivity contribution in [2.24, 2.45) is 5.92 Å². The molecule has 0 aliphatic carbocycles. The quantitative estimate of drug-likeness (QED) is 0.588. The first kappa shape index (κ1) is 20.6. The van der Waals surface area contributed by atoms with Gasteiger partial charge in [0.1, 0.15) is 12.6 Å². The second-order valence-corrected chi connectivity index (χ2v) is 7.18. The highest BCUT2D eigenvalue weighted by Gasteiger charge is 2.28. The zero-order valence-corrected chi connectivity index (χ0v) is 15.7. The van der Waals surface area contributed by atoms with E-state index in [2.05, 4.69) is 15.6 Å². The first-order valence-electron chi connectivity index (χ1n) is 9.22. The van der Waals surface area contributed by atoms with Gasteiger partial charge in [0, 0.05) is 19.3 Å². The number of hydrogen-bond acceptors (Lipinski definition) is 4. The van der Waals surface area contributed by atoms with E-state index in [-0.39, 0.29) is 30.3 Å². The van der Waals surface area contributed by atoms with Gasteiger partial charge in [0.2, 0.25) is 11.9 Å². The van der Waals surface area contributed by atoms with Crippen LogP contribution in [0.15, 0.2) is 18.3 Å². The van der Waals surface area contributed by atoms with Gasteiger partial charge in [0.05, 0.1) is 6.07 Å². The summed E-state index contributed by atoms with van der Waals surface area (Å²) < 4.78 is 13.0. The van der Waals surface area contributed by atoms with Crippen molar-refractivity contribution in [3.05, 3.63) is 29.8 Å². The maximum absolute atomic E-state index is 13.0. The fraction of sp³-hybridized carbons (Fsp3) is 0.579. The predicted octanol–water partition coefficient (Wildman–Crippen LogP) is 2.16. The zero-order valence-electron chi connectivity index (χ0n) is 15.7. The van der Waals surface area contributed by atoms with Gasteiger partial charge in [-0.25, -0.2) is 9.78 Å². The lowest BCUT2D eigenvalue weighted by Crippen LogP contribution is -2.53. The van der Waals surface area contributed by atoms with E-state index in [9.17, 15) is 14.0 Å². The molecule has 8 heteroatoms. The zero-order chi connectivity index (χ0) is 19.8. The number of aromatic nitrogens is 1. The van der Waals surface area contributed by atoms with E-state index in [1.54, 1.807) is 17.2 Å². The Morgan fingerprint density at radius 3 is 2.63 bits per heavy atom. The van der Waals surface area contributed by atoms with Crippen molar-refractivity contribution in [2.75, 3.05) is 19.6 Å². The standard InChI is InChI=1S/C19H26FN5O2/c1-13(2)11-16(18(26)22-8-7-21)24-19(27)25-9-5-14(6-10-25)15-3-4-17(20)23-12-15/h3-4,12-14,16H,5-6,8-11H2,1-2H3,(H,22,26)(H,24,27). The summed E-state index contributed by atoms with van der Waals surface area (Å²) in [5, 5.41) is 13.9. The Kier molecular flexibility index (Phi) is 7.53. The number of hydrogen-bond donors (Lipinski definition) is 2. The highest BCUT2D eigenvalue weighted by molar-refractivity contribution is 5.87. The first-order chi connectivity index (χ1) is 12.9. The van der Waals surface area contributed by atoms with Crippen LogP contribution in [0, 0.1) is 23.2 Å². The van der Waals surface area contributed by atoms with Crippen molar-refractivity contribution < 1.29 is 14.0 Å². The summed E-state index contributed by atoms with van der Waals surface area (Å²) in [5.41, 5.74) is 0.977. The molecule has 3 amide bonds. The van der Waals surface area contributed by atoms with Crippen LogP contribution >= 0.6 is 0 Å². The molecule has 27 heavy (non-hydrogen) atoms. The molecule has 0 saturated carbocycles. The molecule has 0 spiro atoms. The Balaban J connectivity index is 1.90. The number of pyridine rings is 1. The Hall–Kier alpha value is -2.69. The molecule has 1 aliphatic heterocycles. The predicted molar refractivity (Wildman–Crippen MR) is 98.1 cm³/mol. The van der Waals surface area contributed by atoms with Crippen molar-refractivity contribution in [1.29, 1.82) is 5.26 Å². The molecule has 0 radical (unpaired) electrons. The van der Waals surface area contributed by atoms with Crippen molar-refractivity contribution in [2.45, 2.75) is 45.1 Å². The third-order valence-electron chi connectivity index (χ3n) is 4.67. The fourth-order valence-corrected chi connectivity index (χ4v) is 3.24. The van der Waals surface area contributed by atoms with Crippen LogP contribution in [0.2, 0.25) is 0 Å². The second kappa shape index (κ2) is 9.86. The van der Waals surface area contributed by atoms with Gasteiger partial charge in [-0.1, -0.05) is 19.9 Å². The molecule has 1 aromatic heterocycles. The van der Waals surface area contributed by atoms with Gasteiger partial charge in [0.15, 0.2) is 0 Å². The molecule has 1 aliphatic rings. The minimum atomic E-state index is -0.662. The lowest BCUT2D eigenvalue weighted by atomic mass is 9.90. The lowest BCUT2D eigenvalue weighted by molar-refractivity contribution is -0.123. The maximum atomic E-state index is 13.0. The third kappa shape index (κ3) is 6.20. The molecule has 0 aromatic carbocycles. The molecular formula is C19H26FN5O2. The molecular weight excluding hydrogens is 349 g/mol. The van der Waals surface area contributed by atoms with Crippen molar-refractivity contribution in [1.82, 2.24) is 20.5 Å². The van der Waals surface area contributed by atoms with E-state index in [4.69, 9.17) is 5.26 Å². The largest absolute Gasteiger partial charge is 0.341 e. The number of nitriles is 1. The number of likely N-dealkylation sites (tertiary alicyclic amines) is 1. The van der Waals surface area contributed by atoms with Gasteiger partial charge in [-0.15, -0.1) is 0 Å². The van der Waals surface area contributed by atoms with Gasteiger partial charge in [-0.3, -0.25) is 4.79 Å². The van der Waals surface area contributed by atoms with Gasteiger partial charge in [-0.2, -0.15) is 9.65 Å². The van der Waals surface area contributed by atoms with E-state index in [0.29, 0.717) is 19.5 Å². The average Bonchev–Trinajstić information content (AvgIpc) is 2.66. The molecule has 1 saturated heterocycles. The van der Waals surface area contributed by atoms with Crippen LogP contribution in [0.5, 0.6) is 0 Å². The molecule has 1 atom stereocenters. The monoisotopic (exact) mass is 375 g/mol. The molecule has 2 rings (SSSR count). The Labute approximate surface area is 158 Å². The van der Waals surface area contributed by atoms with Crippen LogP contribution in [-0.2, 0) is 4.79 Å². The van der Waals surface area contributed by atoms with Crippen molar-refractivity contribution >= 4 is 11.9 Å². The summed E-state index contributed by atoms with van der Waals surface area (Å²) in [6.07, 6.45) is 3.57. The Morgan fingerprint density at radius 1 is 1.37 bits per heavy atom. The summed E-state index contributed by atoms with van der Waals surface area (Å²) >= 11 is 0. The SMILES string of the molecule is CC(C)CC(NC(=O)N1CCC(c2ccc(F)nc2)CC1)C(=O)NCC#N. The van der Waals surface area contributed by atoms with Crippen molar-refractivity contribution in [3.8, 4) is 6.07 Å². The maximum Gasteiger partial charge on any atom is 0.318 e. The summed E-state index contributed by atoms with van der Waals surface area (Å²) in [6, 6.07) is 4.02. The Bertz CT molecular complexity index is 678. The molecule has 7 nitrogen and oxygen atoms in total. The highest BCUT2D eigenvalue weighted by atomic mass is 19.1. The number of carbonyl (C=O) groups is 2. The summed E-state index contributed by atoms with van der Waals surface area (Å²) in [4.78, 5) is 30.1. The summed E-state index contributed by atoms with van der Waals surface area (Å²) in [6.45, 7) is 4.97. The highest BCUT2D eigenvalue weighted by Crippen LogP contribution is 2.27. The smallest absolute Gasteiger partial charge is 0.318 e. The number of halogens is 1. The number of urea groups is 1. The topological polar surface area (TPSA) is 98.1 Å². The molecule has 1 aromatic rings. The molecule has 146 valence electrons. The fourth-order valence-electron chi connectivity index (χ4n) is 3.24. The van der Waals surface area contributed by atoms with E-state index < -0.39 is 12.0 Å². The van der Waals surface area contributed by atoms with E-state index >= 15 is 0 Å². The lowest BCUT2D eigenvalue weighted by Gasteiger charge is -2.33. The van der Waals surface area contributed by atoms with Crippen LogP contribution in [0.1, 0.15) is 44.6 Å². The average molecular weight is 375 g/mol. The normalized spacial score (nSPS) is 15.9. The summed E-state index contributed by atoms with van der Waals surface area (Å²) in [7, 11) is 0. The van der Waals surface area contributed by atoms with Gasteiger partial charge < -0.3 is 15.5 Å². The van der Waals surface area contributed by atoms with Gasteiger partial charge in [-0.05, 0) is 42.7 Å². The first-order valence-corrected chi connectivity index (χ1v) is 9.22.